The van der Waals surface area contributed by atoms with Crippen molar-refractivity contribution in [1.29, 1.82) is 0 Å². The van der Waals surface area contributed by atoms with E-state index in [0.29, 0.717) is 39.6 Å². The Morgan fingerprint density at radius 2 is 0.900 bits per heavy atom. The maximum absolute atomic E-state index is 5.99. The molecule has 0 aromatic carbocycles. The molecule has 0 saturated heterocycles. The Hall–Kier alpha value is 0.499. The van der Waals surface area contributed by atoms with Crippen molar-refractivity contribution in [3.8, 4) is 0 Å². The fourth-order valence-electron chi connectivity index (χ4n) is 3.04. The summed E-state index contributed by atoms with van der Waals surface area (Å²) in [4.78, 5) is 2.41. The molecule has 0 spiro atoms. The van der Waals surface area contributed by atoms with Gasteiger partial charge in [0.05, 0.1) is 0 Å². The van der Waals surface area contributed by atoms with Gasteiger partial charge in [-0.05, 0) is 0 Å². The summed E-state index contributed by atoms with van der Waals surface area (Å²) in [6.45, 7) is 22.4. The first kappa shape index (κ1) is 30.5. The fourth-order valence-corrected chi connectivity index (χ4v) is 11.9. The van der Waals surface area contributed by atoms with Crippen LogP contribution in [0.1, 0.15) is 54.4 Å². The number of nitrogens with zero attached hydrogens (tertiary/aromatic N) is 1. The minimum absolute atomic E-state index is 0.621. The Labute approximate surface area is 192 Å². The van der Waals surface area contributed by atoms with Crippen LogP contribution in [0.25, 0.3) is 0 Å². The van der Waals surface area contributed by atoms with Crippen molar-refractivity contribution in [2.24, 2.45) is 0 Å². The molecule has 0 rings (SSSR count). The molecule has 0 aromatic heterocycles. The summed E-state index contributed by atoms with van der Waals surface area (Å²) < 4.78 is 35.9. The Bertz CT molecular complexity index is 351. The molecule has 9 heteroatoms. The van der Waals surface area contributed by atoms with Gasteiger partial charge in [-0.3, -0.25) is 0 Å². The van der Waals surface area contributed by atoms with Crippen molar-refractivity contribution < 1.29 is 22.9 Å². The molecule has 0 bridgehead atoms. The van der Waals surface area contributed by atoms with Gasteiger partial charge >= 0.3 is 192 Å². The zero-order valence-corrected chi connectivity index (χ0v) is 23.6. The molecule has 0 atom stereocenters. The summed E-state index contributed by atoms with van der Waals surface area (Å²) in [5, 5.41) is 1.69. The van der Waals surface area contributed by atoms with Crippen LogP contribution >= 0.6 is 0 Å². The molecule has 30 heavy (non-hydrogen) atoms. The molecule has 7 nitrogen and oxygen atoms in total. The minimum atomic E-state index is -2.79. The summed E-state index contributed by atoms with van der Waals surface area (Å²) in [6.07, 6.45) is 3.90. The molecule has 184 valence electrons. The van der Waals surface area contributed by atoms with Gasteiger partial charge in [0.1, 0.15) is 0 Å². The van der Waals surface area contributed by atoms with Gasteiger partial charge in [-0.1, -0.05) is 0 Å². The zero-order valence-electron chi connectivity index (χ0n) is 20.2. The third kappa shape index (κ3) is 12.5. The van der Waals surface area contributed by atoms with E-state index in [9.17, 15) is 0 Å². The van der Waals surface area contributed by atoms with Crippen LogP contribution in [0.15, 0.2) is 12.7 Å². The van der Waals surface area contributed by atoms with Gasteiger partial charge < -0.3 is 0 Å². The van der Waals surface area contributed by atoms with E-state index in [0.717, 1.165) is 43.1 Å². The number of hydrogen-bond donors (Lipinski definition) is 0. The average Bonchev–Trinajstić information content (AvgIpc) is 2.69. The van der Waals surface area contributed by atoms with E-state index in [4.69, 9.17) is 22.9 Å². The van der Waals surface area contributed by atoms with E-state index >= 15 is 0 Å². The van der Waals surface area contributed by atoms with Crippen molar-refractivity contribution in [2.75, 3.05) is 59.3 Å². The van der Waals surface area contributed by atoms with Crippen molar-refractivity contribution >= 4 is 27.7 Å². The van der Waals surface area contributed by atoms with Crippen LogP contribution in [0, 0.1) is 0 Å². The van der Waals surface area contributed by atoms with Crippen LogP contribution in [0.3, 0.4) is 0 Å². The molecule has 0 heterocycles. The molecule has 0 radical (unpaired) electrons. The van der Waals surface area contributed by atoms with Crippen molar-refractivity contribution in [3.05, 3.63) is 12.7 Å². The first-order valence-corrected chi connectivity index (χ1v) is 17.9. The standard InChI is InChI=1S/C21H47NO6Se2/c1-8-17-22(18-15-20-29(23-9-2,24-10-3)25-11-4)19-16-21-30(26-12-5,27-13-6)28-14-7/h8H,1,9-21H2,2-7H3. The molecular weight excluding hydrogens is 520 g/mol. The fraction of sp³-hybridized carbons (Fsp3) is 0.905. The van der Waals surface area contributed by atoms with E-state index < -0.39 is 27.7 Å². The maximum atomic E-state index is 5.99. The van der Waals surface area contributed by atoms with E-state index in [1.165, 1.54) is 0 Å². The predicted molar refractivity (Wildman–Crippen MR) is 127 cm³/mol. The van der Waals surface area contributed by atoms with Crippen molar-refractivity contribution in [1.82, 2.24) is 4.90 Å². The summed E-state index contributed by atoms with van der Waals surface area (Å²) in [6, 6.07) is 0. The topological polar surface area (TPSA) is 58.6 Å². The van der Waals surface area contributed by atoms with Crippen LogP contribution < -0.4 is 0 Å². The first-order valence-electron chi connectivity index (χ1n) is 11.3. The SMILES string of the molecule is C=CCN(CCC[Se](OCC)(OCC)OCC)CCC[Se](OCC)(OCC)OCC. The second kappa shape index (κ2) is 19.0. The summed E-state index contributed by atoms with van der Waals surface area (Å²) in [7, 11) is 0. The average molecular weight is 568 g/mol. The number of hydrogen-bond acceptors (Lipinski definition) is 7. The predicted octanol–water partition coefficient (Wildman–Crippen LogP) is 4.35. The van der Waals surface area contributed by atoms with Crippen LogP contribution in [0.4, 0.5) is 0 Å². The van der Waals surface area contributed by atoms with Gasteiger partial charge in [-0.2, -0.15) is 0 Å². The van der Waals surface area contributed by atoms with Crippen molar-refractivity contribution in [2.45, 2.75) is 65.0 Å². The second-order valence-electron chi connectivity index (χ2n) is 6.26. The summed E-state index contributed by atoms with van der Waals surface area (Å²) in [5.74, 6) is 0. The Morgan fingerprint density at radius 3 is 1.13 bits per heavy atom. The van der Waals surface area contributed by atoms with Crippen LogP contribution in [0.2, 0.25) is 10.6 Å². The first-order chi connectivity index (χ1) is 14.5. The molecule has 0 N–H and O–H groups in total. The molecule has 0 fully saturated rings. The van der Waals surface area contributed by atoms with Crippen LogP contribution in [0.5, 0.6) is 0 Å². The molecule has 0 unspecified atom stereocenters. The third-order valence-corrected chi connectivity index (χ3v) is 14.7. The quantitative estimate of drug-likeness (QED) is 0.142. The summed E-state index contributed by atoms with van der Waals surface area (Å²) >= 11 is -5.58. The summed E-state index contributed by atoms with van der Waals surface area (Å²) in [5.41, 5.74) is 0. The van der Waals surface area contributed by atoms with Gasteiger partial charge in [0.25, 0.3) is 0 Å². The van der Waals surface area contributed by atoms with Gasteiger partial charge in [-0.15, -0.1) is 0 Å². The Morgan fingerprint density at radius 1 is 0.600 bits per heavy atom. The molecule has 0 saturated carbocycles. The third-order valence-electron chi connectivity index (χ3n) is 3.91. The van der Waals surface area contributed by atoms with Gasteiger partial charge in [0.15, 0.2) is 0 Å². The Balaban J connectivity index is 4.78. The van der Waals surface area contributed by atoms with Gasteiger partial charge in [0, 0.05) is 0 Å². The van der Waals surface area contributed by atoms with Crippen molar-refractivity contribution in [3.63, 3.8) is 0 Å². The molecule has 0 aliphatic carbocycles. The zero-order chi connectivity index (χ0) is 22.7. The molecule has 0 amide bonds. The van der Waals surface area contributed by atoms with Gasteiger partial charge in [0.2, 0.25) is 0 Å². The monoisotopic (exact) mass is 569 g/mol. The molecule has 0 aromatic rings. The van der Waals surface area contributed by atoms with Crippen LogP contribution in [-0.4, -0.2) is 91.8 Å². The van der Waals surface area contributed by atoms with E-state index in [-0.39, 0.29) is 0 Å². The molecule has 0 aliphatic rings. The second-order valence-corrected chi connectivity index (χ2v) is 15.6. The van der Waals surface area contributed by atoms with Crippen LogP contribution in [-0.2, 0) is 22.9 Å². The van der Waals surface area contributed by atoms with Gasteiger partial charge in [-0.25, -0.2) is 0 Å². The Kier molecular flexibility index (Phi) is 19.3. The normalized spacial score (nSPS) is 13.7. The van der Waals surface area contributed by atoms with E-state index in [1.807, 2.05) is 47.6 Å². The molecular formula is C21H47NO6Se2. The van der Waals surface area contributed by atoms with E-state index in [1.54, 1.807) is 0 Å². The molecule has 0 aliphatic heterocycles. The number of rotatable bonds is 22. The van der Waals surface area contributed by atoms with E-state index in [2.05, 4.69) is 11.5 Å².